The van der Waals surface area contributed by atoms with Gasteiger partial charge in [0, 0.05) is 5.33 Å². The molecule has 0 bridgehead atoms. The lowest BCUT2D eigenvalue weighted by Crippen LogP contribution is -1.95. The first-order valence-electron chi connectivity index (χ1n) is 5.38. The second kappa shape index (κ2) is 5.36. The monoisotopic (exact) mass is 266 g/mol. The van der Waals surface area contributed by atoms with E-state index in [9.17, 15) is 0 Å². The van der Waals surface area contributed by atoms with Gasteiger partial charge in [0.05, 0.1) is 6.10 Å². The minimum absolute atomic E-state index is 0.478. The Labute approximate surface area is 99.3 Å². The van der Waals surface area contributed by atoms with Gasteiger partial charge in [0.2, 0.25) is 0 Å². The van der Waals surface area contributed by atoms with Gasteiger partial charge < -0.3 is 4.74 Å². The van der Waals surface area contributed by atoms with Crippen LogP contribution in [0.3, 0.4) is 0 Å². The van der Waals surface area contributed by atoms with Crippen LogP contribution >= 0.6 is 15.9 Å². The van der Waals surface area contributed by atoms with Crippen LogP contribution in [0.15, 0.2) is 30.3 Å². The number of allylic oxidation sites excluding steroid dienone is 1. The van der Waals surface area contributed by atoms with Crippen LogP contribution in [0.4, 0.5) is 0 Å². The van der Waals surface area contributed by atoms with Crippen molar-refractivity contribution in [3.05, 3.63) is 35.9 Å². The maximum Gasteiger partial charge on any atom is 0.120 e. The zero-order valence-electron chi connectivity index (χ0n) is 8.66. The Kier molecular flexibility index (Phi) is 3.84. The number of hydrogen-bond donors (Lipinski definition) is 0. The number of hydrogen-bond acceptors (Lipinski definition) is 1. The Morgan fingerprint density at radius 1 is 1.40 bits per heavy atom. The molecule has 1 fully saturated rings. The van der Waals surface area contributed by atoms with Crippen molar-refractivity contribution >= 4 is 22.0 Å². The molecule has 0 aliphatic heterocycles. The molecule has 1 aromatic carbocycles. The summed E-state index contributed by atoms with van der Waals surface area (Å²) in [4.78, 5) is 0. The van der Waals surface area contributed by atoms with Gasteiger partial charge in [0.1, 0.15) is 5.75 Å². The third-order valence-corrected chi connectivity index (χ3v) is 2.73. The summed E-state index contributed by atoms with van der Waals surface area (Å²) in [6.07, 6.45) is 8.28. The van der Waals surface area contributed by atoms with Crippen LogP contribution in [0.25, 0.3) is 6.08 Å². The minimum atomic E-state index is 0.478. The van der Waals surface area contributed by atoms with E-state index in [1.807, 2.05) is 12.1 Å². The van der Waals surface area contributed by atoms with Crippen molar-refractivity contribution in [2.45, 2.75) is 25.4 Å². The number of benzene rings is 1. The van der Waals surface area contributed by atoms with Crippen molar-refractivity contribution in [1.82, 2.24) is 0 Å². The summed E-state index contributed by atoms with van der Waals surface area (Å²) in [5.41, 5.74) is 1.22. The van der Waals surface area contributed by atoms with Crippen molar-refractivity contribution in [3.8, 4) is 5.75 Å². The molecule has 0 unspecified atom stereocenters. The van der Waals surface area contributed by atoms with Gasteiger partial charge in [-0.15, -0.1) is 0 Å². The lowest BCUT2D eigenvalue weighted by atomic mass is 10.2. The molecule has 1 saturated carbocycles. The zero-order chi connectivity index (χ0) is 10.5. The summed E-state index contributed by atoms with van der Waals surface area (Å²) in [6, 6.07) is 8.28. The first-order chi connectivity index (χ1) is 7.38. The van der Waals surface area contributed by atoms with E-state index in [-0.39, 0.29) is 0 Å². The van der Waals surface area contributed by atoms with E-state index in [1.165, 1.54) is 18.4 Å². The van der Waals surface area contributed by atoms with Crippen molar-refractivity contribution in [2.75, 3.05) is 5.33 Å². The van der Waals surface area contributed by atoms with Gasteiger partial charge in [-0.2, -0.15) is 0 Å². The quantitative estimate of drug-likeness (QED) is 0.732. The summed E-state index contributed by atoms with van der Waals surface area (Å²) >= 11 is 3.40. The number of rotatable bonds is 5. The highest BCUT2D eigenvalue weighted by atomic mass is 79.9. The van der Waals surface area contributed by atoms with E-state index in [1.54, 1.807) is 0 Å². The van der Waals surface area contributed by atoms with E-state index in [0.29, 0.717) is 6.10 Å². The fraction of sp³-hybridized carbons (Fsp3) is 0.385. The molecular weight excluding hydrogens is 252 g/mol. The number of halogens is 1. The summed E-state index contributed by atoms with van der Waals surface area (Å²) in [6.45, 7) is 0. The molecule has 15 heavy (non-hydrogen) atoms. The minimum Gasteiger partial charge on any atom is -0.490 e. The van der Waals surface area contributed by atoms with Gasteiger partial charge in [-0.3, -0.25) is 0 Å². The van der Waals surface area contributed by atoms with Crippen molar-refractivity contribution in [2.24, 2.45) is 0 Å². The molecule has 0 amide bonds. The molecule has 80 valence electrons. The van der Waals surface area contributed by atoms with Gasteiger partial charge in [-0.1, -0.05) is 40.2 Å². The maximum atomic E-state index is 5.73. The zero-order valence-corrected chi connectivity index (χ0v) is 10.2. The number of alkyl halides is 1. The molecule has 0 atom stereocenters. The summed E-state index contributed by atoms with van der Waals surface area (Å²) in [5.74, 6) is 0.999. The van der Waals surface area contributed by atoms with Crippen LogP contribution in [0.1, 0.15) is 24.8 Å². The van der Waals surface area contributed by atoms with E-state index < -0.39 is 0 Å². The smallest absolute Gasteiger partial charge is 0.120 e. The first-order valence-corrected chi connectivity index (χ1v) is 6.50. The summed E-state index contributed by atoms with van der Waals surface area (Å²) < 4.78 is 5.73. The number of ether oxygens (including phenoxy) is 1. The largest absolute Gasteiger partial charge is 0.490 e. The third-order valence-electron chi connectivity index (χ3n) is 2.27. The standard InChI is InChI=1S/C13H15BrO/c14-9-2-1-4-11-5-3-6-13(10-11)15-12-7-8-12/h1,3-6,10,12H,2,7-9H2/b4-1+. The van der Waals surface area contributed by atoms with E-state index in [2.05, 4.69) is 40.2 Å². The molecule has 0 saturated heterocycles. The highest BCUT2D eigenvalue weighted by Crippen LogP contribution is 2.27. The Hall–Kier alpha value is -0.760. The molecule has 1 aliphatic rings. The molecule has 0 heterocycles. The van der Waals surface area contributed by atoms with Gasteiger partial charge >= 0.3 is 0 Å². The highest BCUT2D eigenvalue weighted by Gasteiger charge is 2.23. The fourth-order valence-electron chi connectivity index (χ4n) is 1.35. The Balaban J connectivity index is 1.97. The van der Waals surface area contributed by atoms with Crippen molar-refractivity contribution in [3.63, 3.8) is 0 Å². The second-order valence-corrected chi connectivity index (χ2v) is 4.56. The maximum absolute atomic E-state index is 5.73. The lowest BCUT2D eigenvalue weighted by Gasteiger charge is -2.04. The van der Waals surface area contributed by atoms with Crippen LogP contribution in [0.2, 0.25) is 0 Å². The third kappa shape index (κ3) is 3.71. The summed E-state index contributed by atoms with van der Waals surface area (Å²) in [7, 11) is 0. The molecule has 1 aromatic rings. The van der Waals surface area contributed by atoms with Crippen molar-refractivity contribution in [1.29, 1.82) is 0 Å². The normalized spacial score (nSPS) is 15.8. The predicted octanol–water partition coefficient (Wildman–Crippen LogP) is 4.03. The second-order valence-electron chi connectivity index (χ2n) is 3.77. The average Bonchev–Trinajstić information content (AvgIpc) is 3.03. The fourth-order valence-corrected chi connectivity index (χ4v) is 1.62. The van der Waals surface area contributed by atoms with Gasteiger partial charge in [-0.05, 0) is 37.0 Å². The Morgan fingerprint density at radius 3 is 3.00 bits per heavy atom. The van der Waals surface area contributed by atoms with Crippen LogP contribution in [-0.2, 0) is 0 Å². The van der Waals surface area contributed by atoms with Crippen LogP contribution in [0, 0.1) is 0 Å². The molecule has 0 N–H and O–H groups in total. The lowest BCUT2D eigenvalue weighted by molar-refractivity contribution is 0.303. The molecule has 1 aliphatic carbocycles. The van der Waals surface area contributed by atoms with E-state index >= 15 is 0 Å². The first kappa shape index (κ1) is 10.7. The average molecular weight is 267 g/mol. The SMILES string of the molecule is BrCC/C=C/c1cccc(OC2CC2)c1. The molecule has 2 rings (SSSR count). The molecule has 0 spiro atoms. The topological polar surface area (TPSA) is 9.23 Å². The predicted molar refractivity (Wildman–Crippen MR) is 67.5 cm³/mol. The van der Waals surface area contributed by atoms with E-state index in [0.717, 1.165) is 17.5 Å². The highest BCUT2D eigenvalue weighted by molar-refractivity contribution is 9.09. The Bertz CT molecular complexity index is 342. The van der Waals surface area contributed by atoms with Gasteiger partial charge in [0.25, 0.3) is 0 Å². The molecular formula is C13H15BrO. The molecule has 0 radical (unpaired) electrons. The molecule has 1 nitrogen and oxygen atoms in total. The summed E-state index contributed by atoms with van der Waals surface area (Å²) in [5, 5.41) is 1.02. The van der Waals surface area contributed by atoms with Crippen molar-refractivity contribution < 1.29 is 4.74 Å². The van der Waals surface area contributed by atoms with Crippen LogP contribution < -0.4 is 4.74 Å². The Morgan fingerprint density at radius 2 is 2.27 bits per heavy atom. The van der Waals surface area contributed by atoms with Crippen LogP contribution in [0.5, 0.6) is 5.75 Å². The molecule has 2 heteroatoms. The van der Waals surface area contributed by atoms with E-state index in [4.69, 9.17) is 4.74 Å². The molecule has 0 aromatic heterocycles. The van der Waals surface area contributed by atoms with Gasteiger partial charge in [0.15, 0.2) is 0 Å². The van der Waals surface area contributed by atoms with Gasteiger partial charge in [-0.25, -0.2) is 0 Å². The van der Waals surface area contributed by atoms with Crippen LogP contribution in [-0.4, -0.2) is 11.4 Å².